The number of hydrazone groups is 1. The van der Waals surface area contributed by atoms with Gasteiger partial charge < -0.3 is 9.47 Å². The minimum Gasteiger partial charge on any atom is -0.497 e. The van der Waals surface area contributed by atoms with E-state index in [1.54, 1.807) is 30.3 Å². The Morgan fingerprint density at radius 1 is 0.935 bits per heavy atom. The predicted molar refractivity (Wildman–Crippen MR) is 115 cm³/mol. The molecule has 0 radical (unpaired) electrons. The maximum absolute atomic E-state index is 12.9. The molecule has 3 aromatic carbocycles. The summed E-state index contributed by atoms with van der Waals surface area (Å²) in [5.74, 6) is 0.462. The van der Waals surface area contributed by atoms with E-state index in [-0.39, 0.29) is 16.3 Å². The number of methoxy groups -OCH3 is 2. The normalized spacial score (nSPS) is 11.6. The molecule has 0 aliphatic carbocycles. The Morgan fingerprint density at radius 2 is 1.58 bits per heavy atom. The minimum absolute atomic E-state index is 0.0853. The van der Waals surface area contributed by atoms with E-state index < -0.39 is 14.9 Å². The number of nitrogens with zero attached hydrogens (tertiary/aromatic N) is 2. The number of hydrogen-bond acceptors (Lipinski definition) is 7. The lowest BCUT2D eigenvalue weighted by Crippen LogP contribution is -2.22. The van der Waals surface area contributed by atoms with Crippen LogP contribution in [0.5, 0.6) is 11.5 Å². The average molecular weight is 441 g/mol. The van der Waals surface area contributed by atoms with Crippen molar-refractivity contribution >= 4 is 21.4 Å². The first kappa shape index (κ1) is 21.8. The molecule has 0 aliphatic rings. The number of ether oxygens (including phenoxy) is 2. The first-order valence-corrected chi connectivity index (χ1v) is 10.5. The number of hydrogen-bond donors (Lipinski definition) is 1. The average Bonchev–Trinajstić information content (AvgIpc) is 2.79. The molecule has 31 heavy (non-hydrogen) atoms. The summed E-state index contributed by atoms with van der Waals surface area (Å²) in [6, 6.07) is 18.9. The van der Waals surface area contributed by atoms with Gasteiger partial charge in [-0.05, 0) is 24.3 Å². The zero-order valence-corrected chi connectivity index (χ0v) is 17.5. The van der Waals surface area contributed by atoms with Gasteiger partial charge in [0, 0.05) is 29.3 Å². The third kappa shape index (κ3) is 4.98. The zero-order chi connectivity index (χ0) is 22.4. The SMILES string of the molecule is COc1ccc(OC)c(S(=O)(=O)N/N=C(/c2ccccc2)c2ccc([N+](=O)[O-])cc2)c1. The maximum atomic E-state index is 12.9. The highest BCUT2D eigenvalue weighted by Gasteiger charge is 2.21. The number of nitrogens with one attached hydrogen (secondary N) is 1. The van der Waals surface area contributed by atoms with Crippen LogP contribution in [0, 0.1) is 10.1 Å². The molecular weight excluding hydrogens is 422 g/mol. The summed E-state index contributed by atoms with van der Waals surface area (Å²) in [6.45, 7) is 0. The number of benzene rings is 3. The van der Waals surface area contributed by atoms with Crippen LogP contribution in [-0.2, 0) is 10.0 Å². The molecule has 0 amide bonds. The third-order valence-electron chi connectivity index (χ3n) is 4.34. The van der Waals surface area contributed by atoms with Crippen LogP contribution in [0.2, 0.25) is 0 Å². The molecule has 0 saturated carbocycles. The summed E-state index contributed by atoms with van der Waals surface area (Å²) >= 11 is 0. The fraction of sp³-hybridized carbons (Fsp3) is 0.0952. The van der Waals surface area contributed by atoms with Crippen molar-refractivity contribution in [3.63, 3.8) is 0 Å². The molecule has 0 fully saturated rings. The first-order valence-electron chi connectivity index (χ1n) is 8.97. The van der Waals surface area contributed by atoms with Crippen molar-refractivity contribution in [3.8, 4) is 11.5 Å². The van der Waals surface area contributed by atoms with Gasteiger partial charge in [-0.15, -0.1) is 0 Å². The van der Waals surface area contributed by atoms with Crippen molar-refractivity contribution in [2.24, 2.45) is 5.10 Å². The molecule has 1 N–H and O–H groups in total. The number of nitro groups is 1. The van der Waals surface area contributed by atoms with Gasteiger partial charge in [0.25, 0.3) is 15.7 Å². The molecule has 3 rings (SSSR count). The molecular formula is C21H19N3O6S. The van der Waals surface area contributed by atoms with E-state index in [2.05, 4.69) is 9.93 Å². The van der Waals surface area contributed by atoms with E-state index in [0.29, 0.717) is 22.6 Å². The topological polar surface area (TPSA) is 120 Å². The smallest absolute Gasteiger partial charge is 0.280 e. The molecule has 0 bridgehead atoms. The van der Waals surface area contributed by atoms with Gasteiger partial charge in [-0.3, -0.25) is 10.1 Å². The summed E-state index contributed by atoms with van der Waals surface area (Å²) in [7, 11) is -1.34. The second-order valence-electron chi connectivity index (χ2n) is 6.24. The number of sulfonamides is 1. The quantitative estimate of drug-likeness (QED) is 0.325. The van der Waals surface area contributed by atoms with Crippen LogP contribution in [0.1, 0.15) is 11.1 Å². The van der Waals surface area contributed by atoms with Gasteiger partial charge in [-0.25, -0.2) is 0 Å². The van der Waals surface area contributed by atoms with Gasteiger partial charge >= 0.3 is 0 Å². The van der Waals surface area contributed by atoms with E-state index in [9.17, 15) is 18.5 Å². The summed E-state index contributed by atoms with van der Waals surface area (Å²) in [5, 5.41) is 15.1. The van der Waals surface area contributed by atoms with Gasteiger partial charge in [0.1, 0.15) is 16.4 Å². The van der Waals surface area contributed by atoms with Crippen LogP contribution in [-0.4, -0.2) is 33.3 Å². The summed E-state index contributed by atoms with van der Waals surface area (Å²) in [5.41, 5.74) is 1.33. The minimum atomic E-state index is -4.12. The molecule has 0 aliphatic heterocycles. The van der Waals surface area contributed by atoms with E-state index in [0.717, 1.165) is 0 Å². The van der Waals surface area contributed by atoms with Crippen molar-refractivity contribution in [1.82, 2.24) is 4.83 Å². The summed E-state index contributed by atoms with van der Waals surface area (Å²) in [6.07, 6.45) is 0. The van der Waals surface area contributed by atoms with E-state index >= 15 is 0 Å². The Hall–Kier alpha value is -3.92. The lowest BCUT2D eigenvalue weighted by molar-refractivity contribution is -0.384. The molecule has 0 heterocycles. The van der Waals surface area contributed by atoms with E-state index in [4.69, 9.17) is 9.47 Å². The number of rotatable bonds is 8. The Labute approximate surface area is 179 Å². The lowest BCUT2D eigenvalue weighted by Gasteiger charge is -2.12. The van der Waals surface area contributed by atoms with Crippen LogP contribution in [0.25, 0.3) is 0 Å². The van der Waals surface area contributed by atoms with Crippen molar-refractivity contribution in [1.29, 1.82) is 0 Å². The Kier molecular flexibility index (Phi) is 6.51. The van der Waals surface area contributed by atoms with Gasteiger partial charge in [-0.1, -0.05) is 30.3 Å². The van der Waals surface area contributed by atoms with Crippen LogP contribution in [0.3, 0.4) is 0 Å². The third-order valence-corrected chi connectivity index (χ3v) is 5.57. The molecule has 9 nitrogen and oxygen atoms in total. The lowest BCUT2D eigenvalue weighted by atomic mass is 10.0. The Bertz CT molecular complexity index is 1210. The predicted octanol–water partition coefficient (Wildman–Crippen LogP) is 3.34. The van der Waals surface area contributed by atoms with Crippen molar-refractivity contribution in [2.45, 2.75) is 4.90 Å². The summed E-state index contributed by atoms with van der Waals surface area (Å²) in [4.78, 5) is 12.5. The molecule has 0 spiro atoms. The fourth-order valence-corrected chi connectivity index (χ4v) is 3.78. The molecule has 0 aromatic heterocycles. The van der Waals surface area contributed by atoms with Gasteiger partial charge in [0.2, 0.25) is 0 Å². The molecule has 160 valence electrons. The van der Waals surface area contributed by atoms with E-state index in [1.807, 2.05) is 6.07 Å². The van der Waals surface area contributed by atoms with Crippen LogP contribution in [0.4, 0.5) is 5.69 Å². The van der Waals surface area contributed by atoms with E-state index in [1.165, 1.54) is 50.6 Å². The standard InChI is InChI=1S/C21H19N3O6S/c1-29-18-12-13-19(30-2)20(14-18)31(27,28)23-22-21(15-6-4-3-5-7-15)16-8-10-17(11-9-16)24(25)26/h3-14,23H,1-2H3/b22-21-. The van der Waals surface area contributed by atoms with Gasteiger partial charge in [0.05, 0.1) is 24.9 Å². The highest BCUT2D eigenvalue weighted by Crippen LogP contribution is 2.28. The van der Waals surface area contributed by atoms with Crippen LogP contribution >= 0.6 is 0 Å². The Morgan fingerprint density at radius 3 is 2.16 bits per heavy atom. The zero-order valence-electron chi connectivity index (χ0n) is 16.7. The van der Waals surface area contributed by atoms with Crippen LogP contribution < -0.4 is 14.3 Å². The monoisotopic (exact) mass is 441 g/mol. The molecule has 3 aromatic rings. The maximum Gasteiger partial charge on any atom is 0.280 e. The van der Waals surface area contributed by atoms with Crippen molar-refractivity contribution < 1.29 is 22.8 Å². The molecule has 0 unspecified atom stereocenters. The van der Waals surface area contributed by atoms with Crippen LogP contribution in [0.15, 0.2) is 82.8 Å². The van der Waals surface area contributed by atoms with Gasteiger partial charge in [-0.2, -0.15) is 18.4 Å². The molecule has 10 heteroatoms. The number of non-ortho nitro benzene ring substituents is 1. The van der Waals surface area contributed by atoms with Crippen molar-refractivity contribution in [3.05, 3.63) is 94.0 Å². The first-order chi connectivity index (χ1) is 14.9. The van der Waals surface area contributed by atoms with Crippen molar-refractivity contribution in [2.75, 3.05) is 14.2 Å². The largest absolute Gasteiger partial charge is 0.497 e. The molecule has 0 atom stereocenters. The highest BCUT2D eigenvalue weighted by molar-refractivity contribution is 7.89. The molecule has 0 saturated heterocycles. The fourth-order valence-electron chi connectivity index (χ4n) is 2.78. The summed E-state index contributed by atoms with van der Waals surface area (Å²) < 4.78 is 36.2. The number of nitro benzene ring substituents is 1. The second-order valence-corrected chi connectivity index (χ2v) is 7.87. The Balaban J connectivity index is 2.04. The highest BCUT2D eigenvalue weighted by atomic mass is 32.2. The van der Waals surface area contributed by atoms with Gasteiger partial charge in [0.15, 0.2) is 0 Å². The second kappa shape index (κ2) is 9.26.